The predicted octanol–water partition coefficient (Wildman–Crippen LogP) is 1.67. The van der Waals surface area contributed by atoms with Gasteiger partial charge < -0.3 is 4.74 Å². The van der Waals surface area contributed by atoms with Crippen LogP contribution in [0.2, 0.25) is 5.28 Å². The molecule has 1 unspecified atom stereocenters. The molecule has 0 saturated carbocycles. The summed E-state index contributed by atoms with van der Waals surface area (Å²) in [6.45, 7) is 2.15. The first-order valence-corrected chi connectivity index (χ1v) is 4.15. The molecule has 0 N–H and O–H groups in total. The van der Waals surface area contributed by atoms with Crippen LogP contribution in [0.15, 0.2) is 12.3 Å². The van der Waals surface area contributed by atoms with Gasteiger partial charge in [-0.2, -0.15) is 0 Å². The van der Waals surface area contributed by atoms with Crippen molar-refractivity contribution in [2.45, 2.75) is 19.6 Å². The molecule has 13 heavy (non-hydrogen) atoms. The molecule has 1 atom stereocenters. The normalized spacial score (nSPS) is 12.1. The fraction of sp³-hybridized carbons (Fsp3) is 0.333. The van der Waals surface area contributed by atoms with Gasteiger partial charge >= 0.3 is 0 Å². The van der Waals surface area contributed by atoms with Crippen LogP contribution >= 0.6 is 11.6 Å². The average Bonchev–Trinajstić information content (AvgIpc) is 2.14. The van der Waals surface area contributed by atoms with Crippen molar-refractivity contribution in [3.8, 4) is 12.3 Å². The maximum Gasteiger partial charge on any atom is 0.222 e. The summed E-state index contributed by atoms with van der Waals surface area (Å²) in [5, 5.41) is 0.217. The van der Waals surface area contributed by atoms with Gasteiger partial charge in [-0.1, -0.05) is 5.92 Å². The summed E-state index contributed by atoms with van der Waals surface area (Å²) in [6, 6.07) is 1.73. The molecule has 0 fully saturated rings. The molecule has 3 nitrogen and oxygen atoms in total. The van der Waals surface area contributed by atoms with Gasteiger partial charge in [0, 0.05) is 6.20 Å². The number of ether oxygens (including phenoxy) is 1. The van der Waals surface area contributed by atoms with E-state index in [1.165, 1.54) is 0 Å². The quantitative estimate of drug-likeness (QED) is 0.545. The molecular weight excluding hydrogens is 188 g/mol. The number of hydrogen-bond donors (Lipinski definition) is 0. The van der Waals surface area contributed by atoms with Crippen LogP contribution in [0.1, 0.15) is 12.6 Å². The summed E-state index contributed by atoms with van der Waals surface area (Å²) >= 11 is 5.58. The topological polar surface area (TPSA) is 35.0 Å². The van der Waals surface area contributed by atoms with Crippen molar-refractivity contribution >= 4 is 11.6 Å². The Kier molecular flexibility index (Phi) is 3.69. The zero-order valence-corrected chi connectivity index (χ0v) is 7.95. The second-order valence-corrected chi connectivity index (χ2v) is 2.77. The highest BCUT2D eigenvalue weighted by Gasteiger charge is 1.99. The van der Waals surface area contributed by atoms with Gasteiger partial charge in [-0.3, -0.25) is 0 Å². The minimum absolute atomic E-state index is 0.214. The van der Waals surface area contributed by atoms with Crippen molar-refractivity contribution in [2.24, 2.45) is 0 Å². The van der Waals surface area contributed by atoms with E-state index in [-0.39, 0.29) is 11.4 Å². The maximum absolute atomic E-state index is 5.58. The van der Waals surface area contributed by atoms with Crippen LogP contribution in [0.5, 0.6) is 0 Å². The molecule has 4 heteroatoms. The van der Waals surface area contributed by atoms with Gasteiger partial charge in [0.15, 0.2) is 0 Å². The van der Waals surface area contributed by atoms with Crippen LogP contribution in [0, 0.1) is 12.3 Å². The molecule has 1 heterocycles. The Morgan fingerprint density at radius 1 is 1.77 bits per heavy atom. The van der Waals surface area contributed by atoms with Crippen molar-refractivity contribution in [1.82, 2.24) is 9.97 Å². The molecule has 0 saturated heterocycles. The Morgan fingerprint density at radius 2 is 2.54 bits per heavy atom. The fourth-order valence-electron chi connectivity index (χ4n) is 0.708. The van der Waals surface area contributed by atoms with E-state index in [0.717, 1.165) is 5.69 Å². The van der Waals surface area contributed by atoms with Gasteiger partial charge in [0.2, 0.25) is 5.28 Å². The summed E-state index contributed by atoms with van der Waals surface area (Å²) in [5.74, 6) is 2.45. The largest absolute Gasteiger partial charge is 0.360 e. The Morgan fingerprint density at radius 3 is 3.15 bits per heavy atom. The number of rotatable bonds is 3. The van der Waals surface area contributed by atoms with Crippen LogP contribution in [-0.4, -0.2) is 16.1 Å². The van der Waals surface area contributed by atoms with E-state index in [1.807, 2.05) is 0 Å². The Labute approximate surface area is 82.1 Å². The smallest absolute Gasteiger partial charge is 0.222 e. The molecule has 0 amide bonds. The third kappa shape index (κ3) is 3.41. The van der Waals surface area contributed by atoms with Crippen molar-refractivity contribution in [2.75, 3.05) is 0 Å². The van der Waals surface area contributed by atoms with E-state index in [4.69, 9.17) is 22.8 Å². The molecule has 68 valence electrons. The van der Waals surface area contributed by atoms with E-state index in [2.05, 4.69) is 15.9 Å². The van der Waals surface area contributed by atoms with Crippen molar-refractivity contribution in [3.05, 3.63) is 23.2 Å². The zero-order chi connectivity index (χ0) is 9.68. The van der Waals surface area contributed by atoms with Gasteiger partial charge in [0.25, 0.3) is 0 Å². The molecule has 0 radical (unpaired) electrons. The second-order valence-electron chi connectivity index (χ2n) is 2.44. The highest BCUT2D eigenvalue weighted by molar-refractivity contribution is 6.28. The number of terminal acetylenes is 1. The third-order valence-corrected chi connectivity index (χ3v) is 1.58. The summed E-state index contributed by atoms with van der Waals surface area (Å²) in [5.41, 5.74) is 0.724. The van der Waals surface area contributed by atoms with Crippen molar-refractivity contribution in [3.63, 3.8) is 0 Å². The average molecular weight is 197 g/mol. The van der Waals surface area contributed by atoms with Crippen LogP contribution in [0.4, 0.5) is 0 Å². The SMILES string of the molecule is C#CC(C)OCc1ccnc(Cl)n1. The van der Waals surface area contributed by atoms with Crippen LogP contribution in [0.25, 0.3) is 0 Å². The van der Waals surface area contributed by atoms with Gasteiger partial charge in [-0.15, -0.1) is 6.42 Å². The van der Waals surface area contributed by atoms with E-state index in [1.54, 1.807) is 19.2 Å². The fourth-order valence-corrected chi connectivity index (χ4v) is 0.873. The van der Waals surface area contributed by atoms with Crippen LogP contribution < -0.4 is 0 Å². The number of halogens is 1. The van der Waals surface area contributed by atoms with Gasteiger partial charge in [0.1, 0.15) is 6.10 Å². The first kappa shape index (κ1) is 9.97. The highest BCUT2D eigenvalue weighted by atomic mass is 35.5. The lowest BCUT2D eigenvalue weighted by Crippen LogP contribution is -2.05. The molecule has 1 rings (SSSR count). The van der Waals surface area contributed by atoms with Gasteiger partial charge in [0.05, 0.1) is 12.3 Å². The number of aromatic nitrogens is 2. The molecular formula is C9H9ClN2O. The lowest BCUT2D eigenvalue weighted by molar-refractivity contribution is 0.0877. The lowest BCUT2D eigenvalue weighted by Gasteiger charge is -2.05. The minimum atomic E-state index is -0.214. The highest BCUT2D eigenvalue weighted by Crippen LogP contribution is 2.03. The minimum Gasteiger partial charge on any atom is -0.360 e. The summed E-state index contributed by atoms with van der Waals surface area (Å²) in [4.78, 5) is 7.69. The van der Waals surface area contributed by atoms with Gasteiger partial charge in [-0.25, -0.2) is 9.97 Å². The lowest BCUT2D eigenvalue weighted by atomic mass is 10.4. The van der Waals surface area contributed by atoms with Gasteiger partial charge in [-0.05, 0) is 24.6 Å². The zero-order valence-electron chi connectivity index (χ0n) is 7.20. The number of hydrogen-bond acceptors (Lipinski definition) is 3. The summed E-state index contributed by atoms with van der Waals surface area (Å²) < 4.78 is 5.25. The summed E-state index contributed by atoms with van der Waals surface area (Å²) in [7, 11) is 0. The first-order valence-electron chi connectivity index (χ1n) is 3.77. The van der Waals surface area contributed by atoms with Crippen molar-refractivity contribution < 1.29 is 4.74 Å². The molecule has 1 aromatic heterocycles. The van der Waals surface area contributed by atoms with E-state index in [0.29, 0.717) is 6.61 Å². The Hall–Kier alpha value is -1.11. The van der Waals surface area contributed by atoms with Crippen molar-refractivity contribution in [1.29, 1.82) is 0 Å². The standard InChI is InChI=1S/C9H9ClN2O/c1-3-7(2)13-6-8-4-5-11-9(10)12-8/h1,4-5,7H,6H2,2H3. The molecule has 0 bridgehead atoms. The number of nitrogens with zero attached hydrogens (tertiary/aromatic N) is 2. The van der Waals surface area contributed by atoms with Crippen LogP contribution in [0.3, 0.4) is 0 Å². The molecule has 0 spiro atoms. The molecule has 0 aliphatic carbocycles. The maximum atomic E-state index is 5.58. The van der Waals surface area contributed by atoms with E-state index < -0.39 is 0 Å². The molecule has 0 aromatic carbocycles. The monoisotopic (exact) mass is 196 g/mol. The van der Waals surface area contributed by atoms with Crippen LogP contribution in [-0.2, 0) is 11.3 Å². The predicted molar refractivity (Wildman–Crippen MR) is 50.1 cm³/mol. The molecule has 0 aliphatic rings. The molecule has 0 aliphatic heterocycles. The summed E-state index contributed by atoms with van der Waals surface area (Å²) in [6.07, 6.45) is 6.50. The second kappa shape index (κ2) is 4.80. The first-order chi connectivity index (χ1) is 6.22. The Balaban J connectivity index is 2.51. The van der Waals surface area contributed by atoms with E-state index in [9.17, 15) is 0 Å². The molecule has 1 aromatic rings. The van der Waals surface area contributed by atoms with E-state index >= 15 is 0 Å². The Bertz CT molecular complexity index is 322. The third-order valence-electron chi connectivity index (χ3n) is 1.40.